The van der Waals surface area contributed by atoms with Gasteiger partial charge in [-0.25, -0.2) is 4.98 Å². The summed E-state index contributed by atoms with van der Waals surface area (Å²) >= 11 is 0. The Bertz CT molecular complexity index is 986. The van der Waals surface area contributed by atoms with Gasteiger partial charge >= 0.3 is 0 Å². The summed E-state index contributed by atoms with van der Waals surface area (Å²) in [5.41, 5.74) is 8.79. The van der Waals surface area contributed by atoms with E-state index in [0.29, 0.717) is 36.5 Å². The van der Waals surface area contributed by atoms with E-state index in [1.54, 1.807) is 6.20 Å². The first kappa shape index (κ1) is 20.0. The van der Waals surface area contributed by atoms with Crippen molar-refractivity contribution in [1.82, 2.24) is 19.9 Å². The second-order valence-electron chi connectivity index (χ2n) is 7.20. The first-order chi connectivity index (χ1) is 14.8. The first-order valence-corrected chi connectivity index (χ1v) is 10.3. The van der Waals surface area contributed by atoms with E-state index in [-0.39, 0.29) is 0 Å². The topological polar surface area (TPSA) is 90.0 Å². The molecule has 1 aliphatic rings. The fourth-order valence-corrected chi connectivity index (χ4v) is 3.33. The molecule has 7 nitrogen and oxygen atoms in total. The molecule has 30 heavy (non-hydrogen) atoms. The molecule has 0 bridgehead atoms. The van der Waals surface area contributed by atoms with Crippen LogP contribution in [0.5, 0.6) is 0 Å². The SMILES string of the molecule is Nc1cccc(-c2nc(/C=C/CCCc3cccnc3)nc(N3CCOCC3)n2)c1. The van der Waals surface area contributed by atoms with Crippen LogP contribution in [-0.4, -0.2) is 46.2 Å². The molecule has 0 unspecified atom stereocenters. The summed E-state index contributed by atoms with van der Waals surface area (Å²) in [5, 5.41) is 0. The van der Waals surface area contributed by atoms with Crippen molar-refractivity contribution in [1.29, 1.82) is 0 Å². The highest BCUT2D eigenvalue weighted by Crippen LogP contribution is 2.21. The van der Waals surface area contributed by atoms with Gasteiger partial charge < -0.3 is 15.4 Å². The molecular weight excluding hydrogens is 376 g/mol. The molecule has 0 spiro atoms. The predicted octanol–water partition coefficient (Wildman–Crippen LogP) is 3.39. The molecule has 3 heterocycles. The van der Waals surface area contributed by atoms with Gasteiger partial charge in [-0.2, -0.15) is 9.97 Å². The van der Waals surface area contributed by atoms with Crippen LogP contribution < -0.4 is 10.6 Å². The lowest BCUT2D eigenvalue weighted by atomic mass is 10.1. The molecule has 1 saturated heterocycles. The Labute approximate surface area is 176 Å². The second-order valence-corrected chi connectivity index (χ2v) is 7.20. The zero-order chi connectivity index (χ0) is 20.6. The minimum absolute atomic E-state index is 0.633. The van der Waals surface area contributed by atoms with Gasteiger partial charge in [0.1, 0.15) is 0 Å². The molecule has 0 amide bonds. The largest absolute Gasteiger partial charge is 0.399 e. The maximum atomic E-state index is 5.96. The number of ether oxygens (including phenoxy) is 1. The molecular formula is C23H26N6O. The van der Waals surface area contributed by atoms with Crippen LogP contribution in [0, 0.1) is 0 Å². The number of rotatable bonds is 7. The number of morpholine rings is 1. The molecule has 3 aromatic rings. The van der Waals surface area contributed by atoms with Crippen LogP contribution in [0.15, 0.2) is 54.9 Å². The monoisotopic (exact) mass is 402 g/mol. The summed E-state index contributed by atoms with van der Waals surface area (Å²) in [6, 6.07) is 11.7. The number of nitrogens with two attached hydrogens (primary N) is 1. The molecule has 2 aromatic heterocycles. The van der Waals surface area contributed by atoms with E-state index in [1.165, 1.54) is 5.56 Å². The van der Waals surface area contributed by atoms with Gasteiger partial charge in [0.25, 0.3) is 0 Å². The number of unbranched alkanes of at least 4 members (excludes halogenated alkanes) is 1. The Hall–Kier alpha value is -3.32. The molecule has 1 aromatic carbocycles. The third-order valence-electron chi connectivity index (χ3n) is 4.91. The van der Waals surface area contributed by atoms with Gasteiger partial charge in [-0.15, -0.1) is 0 Å². The fourth-order valence-electron chi connectivity index (χ4n) is 3.33. The van der Waals surface area contributed by atoms with E-state index in [0.717, 1.165) is 37.9 Å². The van der Waals surface area contributed by atoms with Gasteiger partial charge in [-0.05, 0) is 49.1 Å². The van der Waals surface area contributed by atoms with Gasteiger partial charge in [0.2, 0.25) is 5.95 Å². The lowest BCUT2D eigenvalue weighted by molar-refractivity contribution is 0.122. The Morgan fingerprint density at radius 3 is 2.77 bits per heavy atom. The Morgan fingerprint density at radius 1 is 1.07 bits per heavy atom. The van der Waals surface area contributed by atoms with Crippen molar-refractivity contribution in [3.8, 4) is 11.4 Å². The maximum Gasteiger partial charge on any atom is 0.229 e. The summed E-state index contributed by atoms with van der Waals surface area (Å²) in [4.78, 5) is 20.4. The average molecular weight is 403 g/mol. The van der Waals surface area contributed by atoms with E-state index < -0.39 is 0 Å². The Morgan fingerprint density at radius 2 is 1.97 bits per heavy atom. The van der Waals surface area contributed by atoms with Crippen molar-refractivity contribution in [2.45, 2.75) is 19.3 Å². The van der Waals surface area contributed by atoms with E-state index in [4.69, 9.17) is 15.5 Å². The van der Waals surface area contributed by atoms with Crippen LogP contribution in [0.25, 0.3) is 17.5 Å². The van der Waals surface area contributed by atoms with Crippen LogP contribution in [0.2, 0.25) is 0 Å². The summed E-state index contributed by atoms with van der Waals surface area (Å²) < 4.78 is 5.46. The van der Waals surface area contributed by atoms with Crippen molar-refractivity contribution in [2.24, 2.45) is 0 Å². The normalized spacial score (nSPS) is 14.3. The number of aryl methyl sites for hydroxylation is 1. The molecule has 1 fully saturated rings. The highest BCUT2D eigenvalue weighted by Gasteiger charge is 2.16. The number of hydrogen-bond acceptors (Lipinski definition) is 7. The zero-order valence-electron chi connectivity index (χ0n) is 16.9. The molecule has 2 N–H and O–H groups in total. The molecule has 0 radical (unpaired) electrons. The summed E-state index contributed by atoms with van der Waals surface area (Å²) in [7, 11) is 0. The van der Waals surface area contributed by atoms with Gasteiger partial charge in [-0.3, -0.25) is 4.98 Å². The number of benzene rings is 1. The highest BCUT2D eigenvalue weighted by atomic mass is 16.5. The minimum atomic E-state index is 0.633. The predicted molar refractivity (Wildman–Crippen MR) is 119 cm³/mol. The van der Waals surface area contributed by atoms with Crippen LogP contribution in [-0.2, 0) is 11.2 Å². The van der Waals surface area contributed by atoms with Gasteiger partial charge in [0.15, 0.2) is 11.6 Å². The van der Waals surface area contributed by atoms with Crippen molar-refractivity contribution in [3.63, 3.8) is 0 Å². The number of nitrogen functional groups attached to an aromatic ring is 1. The van der Waals surface area contributed by atoms with Crippen LogP contribution in [0.1, 0.15) is 24.2 Å². The zero-order valence-corrected chi connectivity index (χ0v) is 16.9. The first-order valence-electron chi connectivity index (χ1n) is 10.3. The second kappa shape index (κ2) is 9.93. The lowest BCUT2D eigenvalue weighted by Gasteiger charge is -2.27. The number of aromatic nitrogens is 4. The van der Waals surface area contributed by atoms with Crippen LogP contribution in [0.3, 0.4) is 0 Å². The van der Waals surface area contributed by atoms with Crippen molar-refractivity contribution in [3.05, 3.63) is 66.3 Å². The number of hydrogen-bond donors (Lipinski definition) is 1. The summed E-state index contributed by atoms with van der Waals surface area (Å²) in [6.07, 6.45) is 10.8. The quantitative estimate of drug-likeness (QED) is 0.478. The van der Waals surface area contributed by atoms with E-state index >= 15 is 0 Å². The molecule has 4 rings (SSSR count). The molecule has 1 aliphatic heterocycles. The minimum Gasteiger partial charge on any atom is -0.399 e. The van der Waals surface area contributed by atoms with E-state index in [9.17, 15) is 0 Å². The van der Waals surface area contributed by atoms with Crippen LogP contribution >= 0.6 is 0 Å². The van der Waals surface area contributed by atoms with Crippen molar-refractivity contribution < 1.29 is 4.74 Å². The van der Waals surface area contributed by atoms with Crippen molar-refractivity contribution in [2.75, 3.05) is 36.9 Å². The Balaban J connectivity index is 1.51. The molecule has 0 aliphatic carbocycles. The maximum absolute atomic E-state index is 5.96. The summed E-state index contributed by atoms with van der Waals surface area (Å²) in [6.45, 7) is 2.90. The number of anilines is 2. The Kier molecular flexibility index (Phi) is 6.61. The number of nitrogens with zero attached hydrogens (tertiary/aromatic N) is 5. The van der Waals surface area contributed by atoms with E-state index in [1.807, 2.05) is 42.6 Å². The van der Waals surface area contributed by atoms with Gasteiger partial charge in [-0.1, -0.05) is 24.3 Å². The fraction of sp³-hybridized carbons (Fsp3) is 0.304. The van der Waals surface area contributed by atoms with E-state index in [2.05, 4.69) is 32.0 Å². The molecule has 154 valence electrons. The van der Waals surface area contributed by atoms with Gasteiger partial charge in [0, 0.05) is 36.7 Å². The highest BCUT2D eigenvalue weighted by molar-refractivity contribution is 5.63. The standard InChI is InChI=1S/C23H26N6O/c24-20-9-4-8-19(16-20)22-26-21(27-23(28-22)29-12-14-30-15-13-29)10-3-1-2-6-18-7-5-11-25-17-18/h3-5,7-11,16-17H,1-2,6,12-15,24H2/b10-3+. The molecule has 7 heteroatoms. The van der Waals surface area contributed by atoms with Crippen LogP contribution in [0.4, 0.5) is 11.6 Å². The number of pyridine rings is 1. The average Bonchev–Trinajstić information content (AvgIpc) is 2.80. The van der Waals surface area contributed by atoms with Gasteiger partial charge in [0.05, 0.1) is 13.2 Å². The number of allylic oxidation sites excluding steroid dienone is 1. The van der Waals surface area contributed by atoms with Crippen molar-refractivity contribution >= 4 is 17.7 Å². The third kappa shape index (κ3) is 5.39. The lowest BCUT2D eigenvalue weighted by Crippen LogP contribution is -2.37. The third-order valence-corrected chi connectivity index (χ3v) is 4.91. The molecule has 0 saturated carbocycles. The summed E-state index contributed by atoms with van der Waals surface area (Å²) in [5.74, 6) is 1.97. The molecule has 0 atom stereocenters. The smallest absolute Gasteiger partial charge is 0.229 e.